The Balaban J connectivity index is 1.79. The molecule has 0 spiro atoms. The molecular formula is C19H27N3O4S. The Labute approximate surface area is 160 Å². The molecule has 1 atom stereocenters. The third-order valence-electron chi connectivity index (χ3n) is 5.36. The molecule has 0 bridgehead atoms. The average molecular weight is 394 g/mol. The zero-order chi connectivity index (χ0) is 19.8. The summed E-state index contributed by atoms with van der Waals surface area (Å²) in [4.78, 5) is 29.3. The Kier molecular flexibility index (Phi) is 5.58. The number of rotatable bonds is 5. The normalized spacial score (nSPS) is 21.5. The lowest BCUT2D eigenvalue weighted by Crippen LogP contribution is -2.48. The van der Waals surface area contributed by atoms with E-state index in [1.807, 2.05) is 4.90 Å². The van der Waals surface area contributed by atoms with E-state index in [-0.39, 0.29) is 28.7 Å². The molecule has 3 rings (SSSR count). The molecule has 2 amide bonds. The zero-order valence-electron chi connectivity index (χ0n) is 15.8. The van der Waals surface area contributed by atoms with Crippen LogP contribution < -0.4 is 5.14 Å². The lowest BCUT2D eigenvalue weighted by Gasteiger charge is -2.34. The fraction of sp³-hybridized carbons (Fsp3) is 0.579. The summed E-state index contributed by atoms with van der Waals surface area (Å²) < 4.78 is 22.8. The van der Waals surface area contributed by atoms with Crippen LogP contribution in [-0.2, 0) is 14.8 Å². The predicted octanol–water partition coefficient (Wildman–Crippen LogP) is 1.44. The Morgan fingerprint density at radius 3 is 2.37 bits per heavy atom. The molecule has 0 unspecified atom stereocenters. The van der Waals surface area contributed by atoms with Gasteiger partial charge in [-0.15, -0.1) is 0 Å². The SMILES string of the molecule is CC(C)[C@@H]1CN(C(=O)c2ccc(S(N)(=O)=O)cc2)CCC(=O)N1CC1CC1. The molecule has 1 heterocycles. The van der Waals surface area contributed by atoms with Gasteiger partial charge in [0.15, 0.2) is 0 Å². The van der Waals surface area contributed by atoms with E-state index in [2.05, 4.69) is 13.8 Å². The highest BCUT2D eigenvalue weighted by Crippen LogP contribution is 2.32. The summed E-state index contributed by atoms with van der Waals surface area (Å²) in [6.07, 6.45) is 2.66. The van der Waals surface area contributed by atoms with Crippen LogP contribution in [0.15, 0.2) is 29.2 Å². The van der Waals surface area contributed by atoms with Gasteiger partial charge in [-0.25, -0.2) is 13.6 Å². The molecule has 2 N–H and O–H groups in total. The number of hydrogen-bond acceptors (Lipinski definition) is 4. The first-order chi connectivity index (χ1) is 12.7. The molecule has 27 heavy (non-hydrogen) atoms. The lowest BCUT2D eigenvalue weighted by molar-refractivity contribution is -0.133. The van der Waals surface area contributed by atoms with Crippen molar-refractivity contribution < 1.29 is 18.0 Å². The van der Waals surface area contributed by atoms with Crippen molar-refractivity contribution in [2.45, 2.75) is 44.0 Å². The van der Waals surface area contributed by atoms with Crippen LogP contribution in [0.2, 0.25) is 0 Å². The molecule has 0 aromatic heterocycles. The van der Waals surface area contributed by atoms with Gasteiger partial charge < -0.3 is 9.80 Å². The molecule has 1 aromatic carbocycles. The molecule has 8 heteroatoms. The smallest absolute Gasteiger partial charge is 0.253 e. The summed E-state index contributed by atoms with van der Waals surface area (Å²) in [6, 6.07) is 5.62. The third kappa shape index (κ3) is 4.68. The van der Waals surface area contributed by atoms with Gasteiger partial charge in [0.1, 0.15) is 0 Å². The van der Waals surface area contributed by atoms with Crippen molar-refractivity contribution in [2.24, 2.45) is 17.0 Å². The van der Waals surface area contributed by atoms with Gasteiger partial charge in [-0.2, -0.15) is 0 Å². The fourth-order valence-corrected chi connectivity index (χ4v) is 4.03. The van der Waals surface area contributed by atoms with Crippen molar-refractivity contribution in [1.82, 2.24) is 9.80 Å². The van der Waals surface area contributed by atoms with Crippen molar-refractivity contribution in [3.63, 3.8) is 0 Å². The van der Waals surface area contributed by atoms with Crippen molar-refractivity contribution >= 4 is 21.8 Å². The predicted molar refractivity (Wildman–Crippen MR) is 101 cm³/mol. The number of primary sulfonamides is 1. The van der Waals surface area contributed by atoms with Crippen LogP contribution >= 0.6 is 0 Å². The van der Waals surface area contributed by atoms with Gasteiger partial charge in [-0.05, 0) is 48.9 Å². The van der Waals surface area contributed by atoms with E-state index >= 15 is 0 Å². The van der Waals surface area contributed by atoms with Gasteiger partial charge in [0, 0.05) is 31.6 Å². The molecule has 2 aliphatic rings. The summed E-state index contributed by atoms with van der Waals surface area (Å²) in [5.41, 5.74) is 0.396. The summed E-state index contributed by atoms with van der Waals surface area (Å²) in [5, 5.41) is 5.11. The molecular weight excluding hydrogens is 366 g/mol. The summed E-state index contributed by atoms with van der Waals surface area (Å²) in [7, 11) is -3.79. The maximum atomic E-state index is 12.9. The molecule has 7 nitrogen and oxygen atoms in total. The van der Waals surface area contributed by atoms with Crippen molar-refractivity contribution in [2.75, 3.05) is 19.6 Å². The van der Waals surface area contributed by atoms with Crippen molar-refractivity contribution in [3.8, 4) is 0 Å². The number of nitrogens with zero attached hydrogens (tertiary/aromatic N) is 2. The van der Waals surface area contributed by atoms with E-state index in [9.17, 15) is 18.0 Å². The highest BCUT2D eigenvalue weighted by molar-refractivity contribution is 7.89. The zero-order valence-corrected chi connectivity index (χ0v) is 16.6. The van der Waals surface area contributed by atoms with Crippen LogP contribution in [0.3, 0.4) is 0 Å². The second kappa shape index (κ2) is 7.59. The van der Waals surface area contributed by atoms with E-state index < -0.39 is 10.0 Å². The molecule has 148 valence electrons. The van der Waals surface area contributed by atoms with Gasteiger partial charge in [-0.1, -0.05) is 13.8 Å². The first-order valence-corrected chi connectivity index (χ1v) is 10.9. The van der Waals surface area contributed by atoms with Crippen LogP contribution in [0.5, 0.6) is 0 Å². The first kappa shape index (κ1) is 19.8. The van der Waals surface area contributed by atoms with Crippen LogP contribution in [0.25, 0.3) is 0 Å². The minimum atomic E-state index is -3.79. The largest absolute Gasteiger partial charge is 0.337 e. The van der Waals surface area contributed by atoms with E-state index in [1.54, 1.807) is 4.90 Å². The number of carbonyl (C=O) groups excluding carboxylic acids is 2. The Bertz CT molecular complexity index is 816. The average Bonchev–Trinajstić information content (AvgIpc) is 3.43. The minimum Gasteiger partial charge on any atom is -0.337 e. The van der Waals surface area contributed by atoms with Gasteiger partial charge in [0.2, 0.25) is 15.9 Å². The Morgan fingerprint density at radius 1 is 1.22 bits per heavy atom. The fourth-order valence-electron chi connectivity index (χ4n) is 3.52. The van der Waals surface area contributed by atoms with E-state index in [0.29, 0.717) is 31.0 Å². The topological polar surface area (TPSA) is 101 Å². The molecule has 1 saturated heterocycles. The quantitative estimate of drug-likeness (QED) is 0.818. The van der Waals surface area contributed by atoms with Gasteiger partial charge >= 0.3 is 0 Å². The van der Waals surface area contributed by atoms with Crippen LogP contribution in [0.1, 0.15) is 43.5 Å². The van der Waals surface area contributed by atoms with Crippen LogP contribution in [-0.4, -0.2) is 55.7 Å². The molecule has 1 aliphatic heterocycles. The number of carbonyl (C=O) groups is 2. The maximum absolute atomic E-state index is 12.9. The molecule has 0 radical (unpaired) electrons. The number of benzene rings is 1. The van der Waals surface area contributed by atoms with E-state index in [0.717, 1.165) is 6.54 Å². The van der Waals surface area contributed by atoms with Crippen molar-refractivity contribution in [1.29, 1.82) is 0 Å². The summed E-state index contributed by atoms with van der Waals surface area (Å²) in [5.74, 6) is 0.761. The van der Waals surface area contributed by atoms with E-state index in [1.165, 1.54) is 37.1 Å². The first-order valence-electron chi connectivity index (χ1n) is 9.38. The maximum Gasteiger partial charge on any atom is 0.253 e. The molecule has 1 saturated carbocycles. The third-order valence-corrected chi connectivity index (χ3v) is 6.29. The van der Waals surface area contributed by atoms with E-state index in [4.69, 9.17) is 5.14 Å². The van der Waals surface area contributed by atoms with Gasteiger partial charge in [0.25, 0.3) is 5.91 Å². The standard InChI is InChI=1S/C19H27N3O4S/c1-13(2)17-12-21(10-9-18(23)22(17)11-14-3-4-14)19(24)15-5-7-16(8-6-15)27(20,25)26/h5-8,13-14,17H,3-4,9-12H2,1-2H3,(H2,20,25,26)/t17-/m0/s1. The molecule has 1 aromatic rings. The number of nitrogens with two attached hydrogens (primary N) is 1. The molecule has 1 aliphatic carbocycles. The Hall–Kier alpha value is -1.93. The second-order valence-electron chi connectivity index (χ2n) is 7.87. The number of hydrogen-bond donors (Lipinski definition) is 1. The minimum absolute atomic E-state index is 0.00626. The molecule has 2 fully saturated rings. The van der Waals surface area contributed by atoms with Crippen LogP contribution in [0, 0.1) is 11.8 Å². The van der Waals surface area contributed by atoms with Crippen LogP contribution in [0.4, 0.5) is 0 Å². The Morgan fingerprint density at radius 2 is 1.85 bits per heavy atom. The monoisotopic (exact) mass is 393 g/mol. The summed E-state index contributed by atoms with van der Waals surface area (Å²) >= 11 is 0. The van der Waals surface area contributed by atoms with Gasteiger partial charge in [-0.3, -0.25) is 9.59 Å². The van der Waals surface area contributed by atoms with Gasteiger partial charge in [0.05, 0.1) is 10.9 Å². The highest BCUT2D eigenvalue weighted by atomic mass is 32.2. The summed E-state index contributed by atoms with van der Waals surface area (Å²) in [6.45, 7) is 5.80. The highest BCUT2D eigenvalue weighted by Gasteiger charge is 2.36. The lowest BCUT2D eigenvalue weighted by atomic mass is 10.0. The van der Waals surface area contributed by atoms with Crippen molar-refractivity contribution in [3.05, 3.63) is 29.8 Å². The number of amides is 2. The second-order valence-corrected chi connectivity index (χ2v) is 9.43. The number of sulfonamides is 1.